The largest absolute Gasteiger partial charge is 0.0840 e. The lowest BCUT2D eigenvalue weighted by Crippen LogP contribution is -1.90. The lowest BCUT2D eigenvalue weighted by atomic mass is 9.99. The first kappa shape index (κ1) is 9.08. The Bertz CT molecular complexity index is 311. The van der Waals surface area contributed by atoms with Crippen LogP contribution in [0, 0.1) is 0 Å². The molecule has 0 bridgehead atoms. The van der Waals surface area contributed by atoms with Crippen LogP contribution < -0.4 is 0 Å². The van der Waals surface area contributed by atoms with Gasteiger partial charge in [0.15, 0.2) is 0 Å². The highest BCUT2D eigenvalue weighted by Crippen LogP contribution is 2.43. The molecule has 0 saturated heterocycles. The van der Waals surface area contributed by atoms with E-state index in [0.29, 0.717) is 5.92 Å². The average molecular weight is 195 g/mol. The molecule has 0 aromatic heterocycles. The fourth-order valence-corrected chi connectivity index (χ4v) is 1.90. The predicted molar refractivity (Wildman–Crippen MR) is 57.5 cm³/mol. The molecule has 0 spiro atoms. The summed E-state index contributed by atoms with van der Waals surface area (Å²) in [6.45, 7) is 4.44. The minimum absolute atomic E-state index is 0.606. The molecule has 0 heterocycles. The van der Waals surface area contributed by atoms with E-state index in [0.717, 1.165) is 10.9 Å². The van der Waals surface area contributed by atoms with Crippen LogP contribution in [0.4, 0.5) is 0 Å². The van der Waals surface area contributed by atoms with Crippen molar-refractivity contribution in [2.45, 2.75) is 38.5 Å². The maximum Gasteiger partial charge on any atom is 0.0441 e. The quantitative estimate of drug-likeness (QED) is 0.657. The van der Waals surface area contributed by atoms with Gasteiger partial charge in [-0.05, 0) is 41.9 Å². The van der Waals surface area contributed by atoms with Crippen LogP contribution in [-0.4, -0.2) is 0 Å². The molecule has 0 nitrogen and oxygen atoms in total. The van der Waals surface area contributed by atoms with E-state index < -0.39 is 0 Å². The molecule has 1 heteroatoms. The van der Waals surface area contributed by atoms with Crippen LogP contribution in [0.25, 0.3) is 0 Å². The van der Waals surface area contributed by atoms with Gasteiger partial charge in [0.2, 0.25) is 0 Å². The first-order valence-corrected chi connectivity index (χ1v) is 5.35. The Labute approximate surface area is 84.9 Å². The third-order valence-corrected chi connectivity index (χ3v) is 3.05. The molecular formula is C12H15Cl. The van der Waals surface area contributed by atoms with Crippen LogP contribution in [0.1, 0.15) is 49.7 Å². The van der Waals surface area contributed by atoms with E-state index in [1.54, 1.807) is 0 Å². The summed E-state index contributed by atoms with van der Waals surface area (Å²) < 4.78 is 0. The van der Waals surface area contributed by atoms with E-state index in [1.165, 1.54) is 24.0 Å². The van der Waals surface area contributed by atoms with E-state index in [4.69, 9.17) is 11.6 Å². The number of halogens is 1. The Kier molecular flexibility index (Phi) is 2.33. The smallest absolute Gasteiger partial charge is 0.0441 e. The van der Waals surface area contributed by atoms with Crippen molar-refractivity contribution in [1.29, 1.82) is 0 Å². The highest BCUT2D eigenvalue weighted by molar-refractivity contribution is 6.31. The Morgan fingerprint density at radius 2 is 2.00 bits per heavy atom. The summed E-state index contributed by atoms with van der Waals surface area (Å²) in [6.07, 6.45) is 2.64. The second-order valence-electron chi connectivity index (χ2n) is 4.21. The molecule has 70 valence electrons. The first-order chi connectivity index (χ1) is 6.18. The summed E-state index contributed by atoms with van der Waals surface area (Å²) in [6, 6.07) is 6.47. The standard InChI is InChI=1S/C12H15Cl/c1-8(2)10-5-6-12(13)11(7-10)9-3-4-9/h5-9H,3-4H2,1-2H3. The van der Waals surface area contributed by atoms with Gasteiger partial charge in [0.05, 0.1) is 0 Å². The molecule has 0 unspecified atom stereocenters. The molecular weight excluding hydrogens is 180 g/mol. The summed E-state index contributed by atoms with van der Waals surface area (Å²) in [5.41, 5.74) is 2.78. The van der Waals surface area contributed by atoms with Crippen molar-refractivity contribution in [2.24, 2.45) is 0 Å². The van der Waals surface area contributed by atoms with Gasteiger partial charge in [-0.15, -0.1) is 0 Å². The molecule has 1 aliphatic carbocycles. The molecule has 2 rings (SSSR count). The van der Waals surface area contributed by atoms with E-state index in [-0.39, 0.29) is 0 Å². The van der Waals surface area contributed by atoms with Gasteiger partial charge >= 0.3 is 0 Å². The van der Waals surface area contributed by atoms with Crippen molar-refractivity contribution in [3.8, 4) is 0 Å². The summed E-state index contributed by atoms with van der Waals surface area (Å²) in [5, 5.41) is 0.951. The Morgan fingerprint density at radius 1 is 1.31 bits per heavy atom. The van der Waals surface area contributed by atoms with Crippen LogP contribution in [-0.2, 0) is 0 Å². The lowest BCUT2D eigenvalue weighted by Gasteiger charge is -2.09. The van der Waals surface area contributed by atoms with Gasteiger partial charge in [-0.3, -0.25) is 0 Å². The fraction of sp³-hybridized carbons (Fsp3) is 0.500. The number of hydrogen-bond donors (Lipinski definition) is 0. The zero-order chi connectivity index (χ0) is 9.42. The Hall–Kier alpha value is -0.490. The topological polar surface area (TPSA) is 0 Å². The Balaban J connectivity index is 2.36. The van der Waals surface area contributed by atoms with Crippen molar-refractivity contribution < 1.29 is 0 Å². The molecule has 1 aromatic rings. The van der Waals surface area contributed by atoms with Gasteiger partial charge in [-0.2, -0.15) is 0 Å². The molecule has 0 aliphatic heterocycles. The SMILES string of the molecule is CC(C)c1ccc(Cl)c(C2CC2)c1. The molecule has 1 saturated carbocycles. The van der Waals surface area contributed by atoms with Gasteiger partial charge in [0, 0.05) is 5.02 Å². The summed E-state index contributed by atoms with van der Waals surface area (Å²) >= 11 is 6.14. The molecule has 0 amide bonds. The number of rotatable bonds is 2. The second kappa shape index (κ2) is 3.34. The fourth-order valence-electron chi connectivity index (χ4n) is 1.63. The molecule has 0 radical (unpaired) electrons. The first-order valence-electron chi connectivity index (χ1n) is 4.98. The van der Waals surface area contributed by atoms with Crippen molar-refractivity contribution in [3.05, 3.63) is 34.3 Å². The maximum absolute atomic E-state index is 6.14. The van der Waals surface area contributed by atoms with E-state index in [2.05, 4.69) is 26.0 Å². The van der Waals surface area contributed by atoms with Crippen LogP contribution in [0.15, 0.2) is 18.2 Å². The summed E-state index contributed by atoms with van der Waals surface area (Å²) in [5.74, 6) is 1.36. The number of hydrogen-bond acceptors (Lipinski definition) is 0. The minimum atomic E-state index is 0.606. The monoisotopic (exact) mass is 194 g/mol. The highest BCUT2D eigenvalue weighted by atomic mass is 35.5. The Morgan fingerprint density at radius 3 is 2.54 bits per heavy atom. The molecule has 13 heavy (non-hydrogen) atoms. The van der Waals surface area contributed by atoms with Crippen molar-refractivity contribution in [3.63, 3.8) is 0 Å². The zero-order valence-corrected chi connectivity index (χ0v) is 8.93. The molecule has 1 aliphatic rings. The van der Waals surface area contributed by atoms with Gasteiger partial charge in [0.25, 0.3) is 0 Å². The molecule has 1 fully saturated rings. The van der Waals surface area contributed by atoms with E-state index >= 15 is 0 Å². The van der Waals surface area contributed by atoms with Gasteiger partial charge < -0.3 is 0 Å². The average Bonchev–Trinajstić information content (AvgIpc) is 2.87. The molecule has 0 N–H and O–H groups in total. The normalized spacial score (nSPS) is 16.6. The zero-order valence-electron chi connectivity index (χ0n) is 8.18. The third-order valence-electron chi connectivity index (χ3n) is 2.70. The lowest BCUT2D eigenvalue weighted by molar-refractivity contribution is 0.862. The van der Waals surface area contributed by atoms with Crippen LogP contribution in [0.5, 0.6) is 0 Å². The molecule has 0 atom stereocenters. The number of benzene rings is 1. The van der Waals surface area contributed by atoms with Crippen molar-refractivity contribution >= 4 is 11.6 Å². The van der Waals surface area contributed by atoms with Crippen molar-refractivity contribution in [1.82, 2.24) is 0 Å². The third kappa shape index (κ3) is 1.88. The van der Waals surface area contributed by atoms with Crippen LogP contribution in [0.3, 0.4) is 0 Å². The van der Waals surface area contributed by atoms with Gasteiger partial charge in [-0.1, -0.05) is 37.6 Å². The van der Waals surface area contributed by atoms with E-state index in [9.17, 15) is 0 Å². The second-order valence-corrected chi connectivity index (χ2v) is 4.62. The maximum atomic E-state index is 6.14. The summed E-state index contributed by atoms with van der Waals surface area (Å²) in [4.78, 5) is 0. The molecule has 1 aromatic carbocycles. The highest BCUT2D eigenvalue weighted by Gasteiger charge is 2.25. The minimum Gasteiger partial charge on any atom is -0.0840 e. The van der Waals surface area contributed by atoms with Crippen LogP contribution >= 0.6 is 11.6 Å². The van der Waals surface area contributed by atoms with Gasteiger partial charge in [0.1, 0.15) is 0 Å². The van der Waals surface area contributed by atoms with Crippen LogP contribution in [0.2, 0.25) is 5.02 Å². The van der Waals surface area contributed by atoms with Crippen molar-refractivity contribution in [2.75, 3.05) is 0 Å². The van der Waals surface area contributed by atoms with E-state index in [1.807, 2.05) is 6.07 Å². The predicted octanol–water partition coefficient (Wildman–Crippen LogP) is 4.34. The van der Waals surface area contributed by atoms with Gasteiger partial charge in [-0.25, -0.2) is 0 Å². The summed E-state index contributed by atoms with van der Waals surface area (Å²) in [7, 11) is 0.